The molecule has 0 atom stereocenters. The second-order valence-electron chi connectivity index (χ2n) is 3.71. The van der Waals surface area contributed by atoms with Crippen LogP contribution >= 0.6 is 0 Å². The molecule has 1 heterocycles. The summed E-state index contributed by atoms with van der Waals surface area (Å²) in [6.07, 6.45) is 2.56. The third-order valence-electron chi connectivity index (χ3n) is 2.35. The van der Waals surface area contributed by atoms with Crippen molar-refractivity contribution in [2.75, 3.05) is 0 Å². The molecule has 5 nitrogen and oxygen atoms in total. The summed E-state index contributed by atoms with van der Waals surface area (Å²) in [5, 5.41) is 0. The molecule has 2 rings (SSSR count). The van der Waals surface area contributed by atoms with Crippen molar-refractivity contribution in [1.29, 1.82) is 0 Å². The van der Waals surface area contributed by atoms with E-state index < -0.39 is 15.8 Å². The Balaban J connectivity index is 2.20. The van der Waals surface area contributed by atoms with Crippen molar-refractivity contribution in [1.82, 2.24) is 9.71 Å². The molecule has 1 aromatic heterocycles. The Labute approximate surface area is 104 Å². The van der Waals surface area contributed by atoms with Gasteiger partial charge in [0, 0.05) is 0 Å². The predicted molar refractivity (Wildman–Crippen MR) is 61.7 cm³/mol. The van der Waals surface area contributed by atoms with E-state index in [0.717, 1.165) is 6.07 Å². The molecular formula is C11H11FN2O3S. The molecule has 96 valence electrons. The standard InChI is InChI=1S/C11H11FN2O3S/c1-8-4-9(12)2-3-11(8)18(15,16)14-5-10-6-17-7-13-10/h2-4,6-7,14H,5H2,1H3. The summed E-state index contributed by atoms with van der Waals surface area (Å²) in [6.45, 7) is 1.56. The number of aromatic nitrogens is 1. The van der Waals surface area contributed by atoms with E-state index in [1.165, 1.54) is 31.7 Å². The number of benzene rings is 1. The van der Waals surface area contributed by atoms with Crippen LogP contribution in [0.25, 0.3) is 0 Å². The summed E-state index contributed by atoms with van der Waals surface area (Å²) in [5.74, 6) is -0.469. The first-order valence-corrected chi connectivity index (χ1v) is 6.60. The topological polar surface area (TPSA) is 72.2 Å². The highest BCUT2D eigenvalue weighted by Crippen LogP contribution is 2.16. The highest BCUT2D eigenvalue weighted by molar-refractivity contribution is 7.89. The van der Waals surface area contributed by atoms with E-state index >= 15 is 0 Å². The zero-order chi connectivity index (χ0) is 13.2. The van der Waals surface area contributed by atoms with E-state index in [1.807, 2.05) is 0 Å². The fourth-order valence-corrected chi connectivity index (χ4v) is 2.71. The zero-order valence-electron chi connectivity index (χ0n) is 9.55. The van der Waals surface area contributed by atoms with Crippen molar-refractivity contribution in [2.45, 2.75) is 18.4 Å². The summed E-state index contributed by atoms with van der Waals surface area (Å²) in [7, 11) is -3.68. The number of rotatable bonds is 4. The van der Waals surface area contributed by atoms with Gasteiger partial charge in [0.2, 0.25) is 10.0 Å². The minimum atomic E-state index is -3.68. The summed E-state index contributed by atoms with van der Waals surface area (Å²) < 4.78 is 43.9. The Morgan fingerprint density at radius 1 is 1.44 bits per heavy atom. The maximum absolute atomic E-state index is 12.9. The lowest BCUT2D eigenvalue weighted by atomic mass is 10.2. The third kappa shape index (κ3) is 2.74. The minimum Gasteiger partial charge on any atom is -0.451 e. The number of halogens is 1. The summed E-state index contributed by atoms with van der Waals surface area (Å²) in [6, 6.07) is 3.51. The van der Waals surface area contributed by atoms with Gasteiger partial charge in [-0.3, -0.25) is 0 Å². The van der Waals surface area contributed by atoms with Crippen molar-refractivity contribution >= 4 is 10.0 Å². The molecule has 0 radical (unpaired) electrons. The average molecular weight is 270 g/mol. The molecule has 1 aromatic carbocycles. The summed E-state index contributed by atoms with van der Waals surface area (Å²) >= 11 is 0. The first-order valence-electron chi connectivity index (χ1n) is 5.12. The van der Waals surface area contributed by atoms with E-state index in [1.54, 1.807) is 0 Å². The molecule has 0 bridgehead atoms. The Morgan fingerprint density at radius 3 is 2.83 bits per heavy atom. The number of hydrogen-bond donors (Lipinski definition) is 1. The number of nitrogens with zero attached hydrogens (tertiary/aromatic N) is 1. The molecule has 0 amide bonds. The Bertz CT molecular complexity index is 638. The van der Waals surface area contributed by atoms with Crippen molar-refractivity contribution in [3.63, 3.8) is 0 Å². The number of sulfonamides is 1. The summed E-state index contributed by atoms with van der Waals surface area (Å²) in [5.41, 5.74) is 0.820. The maximum atomic E-state index is 12.9. The lowest BCUT2D eigenvalue weighted by molar-refractivity contribution is 0.555. The Hall–Kier alpha value is -1.73. The van der Waals surface area contributed by atoms with E-state index in [2.05, 4.69) is 9.71 Å². The van der Waals surface area contributed by atoms with Crippen LogP contribution in [0.2, 0.25) is 0 Å². The van der Waals surface area contributed by atoms with Gasteiger partial charge in [0.15, 0.2) is 6.39 Å². The molecule has 0 aliphatic rings. The average Bonchev–Trinajstić information content (AvgIpc) is 2.78. The molecule has 0 saturated heterocycles. The van der Waals surface area contributed by atoms with Gasteiger partial charge in [0.05, 0.1) is 17.1 Å². The van der Waals surface area contributed by atoms with E-state index in [0.29, 0.717) is 11.3 Å². The van der Waals surface area contributed by atoms with Crippen LogP contribution in [-0.4, -0.2) is 13.4 Å². The molecule has 18 heavy (non-hydrogen) atoms. The van der Waals surface area contributed by atoms with E-state index in [-0.39, 0.29) is 11.4 Å². The monoisotopic (exact) mass is 270 g/mol. The van der Waals surface area contributed by atoms with Crippen molar-refractivity contribution < 1.29 is 17.2 Å². The smallest absolute Gasteiger partial charge is 0.241 e. The predicted octanol–water partition coefficient (Wildman–Crippen LogP) is 1.60. The molecule has 0 fully saturated rings. The van der Waals surface area contributed by atoms with E-state index in [9.17, 15) is 12.8 Å². The largest absolute Gasteiger partial charge is 0.451 e. The molecule has 0 unspecified atom stereocenters. The van der Waals surface area contributed by atoms with Gasteiger partial charge in [-0.25, -0.2) is 22.5 Å². The number of nitrogens with one attached hydrogen (secondary N) is 1. The van der Waals surface area contributed by atoms with Crippen LogP contribution in [0, 0.1) is 12.7 Å². The SMILES string of the molecule is Cc1cc(F)ccc1S(=O)(=O)NCc1cocn1. The van der Waals surface area contributed by atoms with Gasteiger partial charge in [-0.15, -0.1) is 0 Å². The van der Waals surface area contributed by atoms with Gasteiger partial charge in [0.1, 0.15) is 12.1 Å². The van der Waals surface area contributed by atoms with Gasteiger partial charge < -0.3 is 4.42 Å². The highest BCUT2D eigenvalue weighted by atomic mass is 32.2. The van der Waals surface area contributed by atoms with Crippen LogP contribution in [0.5, 0.6) is 0 Å². The lowest BCUT2D eigenvalue weighted by Crippen LogP contribution is -2.24. The van der Waals surface area contributed by atoms with Gasteiger partial charge in [-0.2, -0.15) is 0 Å². The van der Waals surface area contributed by atoms with Gasteiger partial charge in [-0.1, -0.05) is 0 Å². The number of aryl methyl sites for hydroxylation is 1. The van der Waals surface area contributed by atoms with Crippen molar-refractivity contribution in [2.24, 2.45) is 0 Å². The van der Waals surface area contributed by atoms with Crippen LogP contribution in [0.15, 0.2) is 40.2 Å². The third-order valence-corrected chi connectivity index (χ3v) is 3.91. The first kappa shape index (κ1) is 12.7. The molecule has 1 N–H and O–H groups in total. The molecular weight excluding hydrogens is 259 g/mol. The second-order valence-corrected chi connectivity index (χ2v) is 5.45. The zero-order valence-corrected chi connectivity index (χ0v) is 10.4. The maximum Gasteiger partial charge on any atom is 0.241 e. The van der Waals surface area contributed by atoms with Crippen LogP contribution in [0.3, 0.4) is 0 Å². The highest BCUT2D eigenvalue weighted by Gasteiger charge is 2.17. The number of oxazole rings is 1. The molecule has 7 heteroatoms. The van der Waals surface area contributed by atoms with Crippen LogP contribution in [0.1, 0.15) is 11.3 Å². The second kappa shape index (κ2) is 4.87. The van der Waals surface area contributed by atoms with Gasteiger partial charge >= 0.3 is 0 Å². The van der Waals surface area contributed by atoms with Crippen LogP contribution in [-0.2, 0) is 16.6 Å². The molecule has 0 saturated carbocycles. The summed E-state index contributed by atoms with van der Waals surface area (Å²) in [4.78, 5) is 3.84. The molecule has 0 spiro atoms. The molecule has 0 aliphatic heterocycles. The molecule has 0 aliphatic carbocycles. The van der Waals surface area contributed by atoms with Crippen LogP contribution < -0.4 is 4.72 Å². The van der Waals surface area contributed by atoms with Crippen LogP contribution in [0.4, 0.5) is 4.39 Å². The van der Waals surface area contributed by atoms with Gasteiger partial charge in [-0.05, 0) is 30.7 Å². The fourth-order valence-electron chi connectivity index (χ4n) is 1.49. The quantitative estimate of drug-likeness (QED) is 0.916. The fraction of sp³-hybridized carbons (Fsp3) is 0.182. The lowest BCUT2D eigenvalue weighted by Gasteiger charge is -2.08. The van der Waals surface area contributed by atoms with Gasteiger partial charge in [0.25, 0.3) is 0 Å². The molecule has 2 aromatic rings. The Morgan fingerprint density at radius 2 is 2.22 bits per heavy atom. The Kier molecular flexibility index (Phi) is 3.44. The van der Waals surface area contributed by atoms with Crippen molar-refractivity contribution in [3.8, 4) is 0 Å². The van der Waals surface area contributed by atoms with Crippen molar-refractivity contribution in [3.05, 3.63) is 47.9 Å². The normalized spacial score (nSPS) is 11.7. The minimum absolute atomic E-state index is 0.0235. The number of hydrogen-bond acceptors (Lipinski definition) is 4. The first-order chi connectivity index (χ1) is 8.49. The van der Waals surface area contributed by atoms with E-state index in [4.69, 9.17) is 4.42 Å².